The summed E-state index contributed by atoms with van der Waals surface area (Å²) in [4.78, 5) is 0. The molecule has 0 aliphatic heterocycles. The van der Waals surface area contributed by atoms with Crippen molar-refractivity contribution in [3.8, 4) is 0 Å². The fourth-order valence-electron chi connectivity index (χ4n) is 3.21. The number of methoxy groups -OCH3 is 1. The van der Waals surface area contributed by atoms with E-state index in [2.05, 4.69) is 4.74 Å². The van der Waals surface area contributed by atoms with E-state index >= 15 is 0 Å². The summed E-state index contributed by atoms with van der Waals surface area (Å²) in [6.07, 6.45) is -7.36. The lowest BCUT2D eigenvalue weighted by Crippen LogP contribution is -2.59. The van der Waals surface area contributed by atoms with Gasteiger partial charge in [-0.3, -0.25) is 0 Å². The van der Waals surface area contributed by atoms with Crippen molar-refractivity contribution in [3.63, 3.8) is 0 Å². The molecule has 2 bridgehead atoms. The zero-order valence-electron chi connectivity index (χ0n) is 10.2. The van der Waals surface area contributed by atoms with Crippen LogP contribution in [0, 0.1) is 17.8 Å². The van der Waals surface area contributed by atoms with Gasteiger partial charge in [-0.1, -0.05) is 12.2 Å². The van der Waals surface area contributed by atoms with E-state index in [-0.39, 0.29) is 11.8 Å². The largest absolute Gasteiger partial charge is 0.426 e. The minimum atomic E-state index is -5.47. The van der Waals surface area contributed by atoms with Gasteiger partial charge in [0.25, 0.3) is 5.60 Å². The van der Waals surface area contributed by atoms with Gasteiger partial charge in [0, 0.05) is 7.11 Å². The zero-order chi connectivity index (χ0) is 14.5. The highest BCUT2D eigenvalue weighted by atomic mass is 19.4. The maximum Gasteiger partial charge on any atom is 0.426 e. The van der Waals surface area contributed by atoms with Gasteiger partial charge >= 0.3 is 12.4 Å². The molecule has 3 atom stereocenters. The number of ether oxygens (including phenoxy) is 1. The molecule has 0 aromatic rings. The van der Waals surface area contributed by atoms with Crippen molar-refractivity contribution in [3.05, 3.63) is 12.2 Å². The Morgan fingerprint density at radius 2 is 1.58 bits per heavy atom. The van der Waals surface area contributed by atoms with E-state index in [0.717, 1.165) is 0 Å². The zero-order valence-corrected chi connectivity index (χ0v) is 10.2. The summed E-state index contributed by atoms with van der Waals surface area (Å²) >= 11 is 0. The molecule has 2 aliphatic carbocycles. The van der Waals surface area contributed by atoms with Gasteiger partial charge in [0.2, 0.25) is 0 Å². The maximum absolute atomic E-state index is 12.9. The number of alkyl halides is 6. The third-order valence-corrected chi connectivity index (χ3v) is 4.23. The molecule has 110 valence electrons. The third kappa shape index (κ3) is 2.26. The number of allylic oxidation sites excluding steroid dienone is 2. The van der Waals surface area contributed by atoms with Crippen LogP contribution < -0.4 is 0 Å². The molecule has 0 aromatic heterocycles. The summed E-state index contributed by atoms with van der Waals surface area (Å²) in [6.45, 7) is 0. The van der Waals surface area contributed by atoms with Crippen molar-refractivity contribution in [2.45, 2.75) is 37.2 Å². The highest BCUT2D eigenvalue weighted by Gasteiger charge is 2.72. The van der Waals surface area contributed by atoms with Crippen LogP contribution in [0.5, 0.6) is 0 Å². The van der Waals surface area contributed by atoms with E-state index in [4.69, 9.17) is 0 Å². The molecule has 0 aromatic carbocycles. The molecule has 1 fully saturated rings. The quantitative estimate of drug-likeness (QED) is 0.561. The van der Waals surface area contributed by atoms with E-state index in [1.807, 2.05) is 6.08 Å². The first-order chi connectivity index (χ1) is 8.61. The Morgan fingerprint density at radius 3 is 1.89 bits per heavy atom. The lowest BCUT2D eigenvalue weighted by Gasteiger charge is -2.38. The average Bonchev–Trinajstić information content (AvgIpc) is 2.83. The van der Waals surface area contributed by atoms with E-state index in [1.165, 1.54) is 0 Å². The summed E-state index contributed by atoms with van der Waals surface area (Å²) in [5, 5.41) is 0. The van der Waals surface area contributed by atoms with E-state index in [0.29, 0.717) is 20.0 Å². The minimum absolute atomic E-state index is 0.117. The highest BCUT2D eigenvalue weighted by Crippen LogP contribution is 2.54. The fraction of sp³-hybridized carbons (Fsp3) is 0.833. The molecule has 0 radical (unpaired) electrons. The van der Waals surface area contributed by atoms with Crippen molar-refractivity contribution < 1.29 is 31.1 Å². The Morgan fingerprint density at radius 1 is 1.00 bits per heavy atom. The minimum Gasteiger partial charge on any atom is -0.361 e. The Balaban J connectivity index is 2.26. The van der Waals surface area contributed by atoms with E-state index < -0.39 is 30.3 Å². The van der Waals surface area contributed by atoms with Crippen molar-refractivity contribution in [1.29, 1.82) is 0 Å². The molecule has 0 saturated heterocycles. The smallest absolute Gasteiger partial charge is 0.361 e. The molecule has 3 unspecified atom stereocenters. The summed E-state index contributed by atoms with van der Waals surface area (Å²) in [5.74, 6) is -0.701. The van der Waals surface area contributed by atoms with Gasteiger partial charge < -0.3 is 4.74 Å². The molecule has 1 saturated carbocycles. The van der Waals surface area contributed by atoms with Crippen LogP contribution in [0.4, 0.5) is 26.3 Å². The van der Waals surface area contributed by atoms with Crippen molar-refractivity contribution in [1.82, 2.24) is 0 Å². The molecule has 19 heavy (non-hydrogen) atoms. The summed E-state index contributed by atoms with van der Waals surface area (Å²) in [6, 6.07) is 0. The highest BCUT2D eigenvalue weighted by molar-refractivity contribution is 5.12. The topological polar surface area (TPSA) is 9.23 Å². The number of halogens is 6. The maximum atomic E-state index is 12.9. The molecule has 0 amide bonds. The molecule has 7 heteroatoms. The van der Waals surface area contributed by atoms with E-state index in [1.54, 1.807) is 6.08 Å². The third-order valence-electron chi connectivity index (χ3n) is 4.23. The van der Waals surface area contributed by atoms with Gasteiger partial charge in [0.15, 0.2) is 0 Å². The molecule has 2 rings (SSSR count). The second-order valence-electron chi connectivity index (χ2n) is 5.27. The van der Waals surface area contributed by atoms with Crippen LogP contribution in [-0.4, -0.2) is 25.1 Å². The molecular weight excluding hydrogens is 274 g/mol. The van der Waals surface area contributed by atoms with Crippen LogP contribution in [-0.2, 0) is 4.74 Å². The van der Waals surface area contributed by atoms with Crippen molar-refractivity contribution >= 4 is 0 Å². The van der Waals surface area contributed by atoms with Crippen LogP contribution in [0.25, 0.3) is 0 Å². The fourth-order valence-corrected chi connectivity index (χ4v) is 3.21. The Labute approximate surface area is 106 Å². The van der Waals surface area contributed by atoms with Gasteiger partial charge in [-0.25, -0.2) is 0 Å². The predicted octanol–water partition coefficient (Wildman–Crippen LogP) is 4.10. The predicted molar refractivity (Wildman–Crippen MR) is 55.3 cm³/mol. The van der Waals surface area contributed by atoms with Gasteiger partial charge in [-0.2, -0.15) is 26.3 Å². The summed E-state index contributed by atoms with van der Waals surface area (Å²) < 4.78 is 81.4. The molecule has 0 heterocycles. The molecule has 0 spiro atoms. The number of hydrogen-bond acceptors (Lipinski definition) is 1. The van der Waals surface area contributed by atoms with Crippen LogP contribution >= 0.6 is 0 Å². The van der Waals surface area contributed by atoms with Gasteiger partial charge in [0.1, 0.15) is 0 Å². The van der Waals surface area contributed by atoms with Crippen molar-refractivity contribution in [2.75, 3.05) is 7.11 Å². The average molecular weight is 288 g/mol. The lowest BCUT2D eigenvalue weighted by atomic mass is 9.81. The Bertz CT molecular complexity index is 355. The lowest BCUT2D eigenvalue weighted by molar-refractivity contribution is -0.380. The Hall–Kier alpha value is -0.720. The normalized spacial score (nSPS) is 31.2. The SMILES string of the molecule is COC(CC1CC2C=CC1C2)(C(F)(F)F)C(F)(F)F. The van der Waals surface area contributed by atoms with E-state index in [9.17, 15) is 26.3 Å². The molecule has 2 aliphatic rings. The first-order valence-corrected chi connectivity index (χ1v) is 5.97. The van der Waals surface area contributed by atoms with Crippen LogP contribution in [0.1, 0.15) is 19.3 Å². The van der Waals surface area contributed by atoms with Gasteiger partial charge in [-0.15, -0.1) is 0 Å². The van der Waals surface area contributed by atoms with Crippen LogP contribution in [0.3, 0.4) is 0 Å². The molecule has 1 nitrogen and oxygen atoms in total. The molecular formula is C12H14F6O. The second-order valence-corrected chi connectivity index (χ2v) is 5.27. The second kappa shape index (κ2) is 4.40. The van der Waals surface area contributed by atoms with Crippen LogP contribution in [0.15, 0.2) is 12.2 Å². The number of hydrogen-bond donors (Lipinski definition) is 0. The van der Waals surface area contributed by atoms with Crippen LogP contribution in [0.2, 0.25) is 0 Å². The van der Waals surface area contributed by atoms with Gasteiger partial charge in [0.05, 0.1) is 0 Å². The summed E-state index contributed by atoms with van der Waals surface area (Å²) in [5.41, 5.74) is -4.05. The van der Waals surface area contributed by atoms with Crippen molar-refractivity contribution in [2.24, 2.45) is 17.8 Å². The number of rotatable bonds is 3. The standard InChI is InChI=1S/C12H14F6O/c1-19-10(11(13,14)15,12(16,17)18)6-9-5-7-2-3-8(9)4-7/h2-3,7-9H,4-6H2,1H3. The first kappa shape index (κ1) is 14.7. The van der Waals surface area contributed by atoms with Gasteiger partial charge in [-0.05, 0) is 37.0 Å². The number of fused-ring (bicyclic) bond motifs is 2. The molecule has 0 N–H and O–H groups in total. The first-order valence-electron chi connectivity index (χ1n) is 5.97. The monoisotopic (exact) mass is 288 g/mol. The summed E-state index contributed by atoms with van der Waals surface area (Å²) in [7, 11) is 0.476. The Kier molecular flexibility index (Phi) is 3.40.